The SMILES string of the molecule is C/C=C/Cn1c(C(=O)NCC2CCCO2)cc2sccc21. The van der Waals surface area contributed by atoms with Crippen LogP contribution in [0.3, 0.4) is 0 Å². The van der Waals surface area contributed by atoms with Crippen LogP contribution < -0.4 is 5.32 Å². The Hall–Kier alpha value is -1.59. The molecule has 2 aromatic heterocycles. The summed E-state index contributed by atoms with van der Waals surface area (Å²) >= 11 is 1.67. The number of nitrogens with one attached hydrogen (secondary N) is 1. The number of nitrogens with zero attached hydrogens (tertiary/aromatic N) is 1. The van der Waals surface area contributed by atoms with Crippen LogP contribution in [0.2, 0.25) is 0 Å². The minimum Gasteiger partial charge on any atom is -0.376 e. The van der Waals surface area contributed by atoms with Crippen LogP contribution in [0.5, 0.6) is 0 Å². The van der Waals surface area contributed by atoms with Crippen molar-refractivity contribution in [1.29, 1.82) is 0 Å². The first-order chi connectivity index (χ1) is 10.3. The quantitative estimate of drug-likeness (QED) is 0.862. The molecule has 1 unspecified atom stereocenters. The highest BCUT2D eigenvalue weighted by molar-refractivity contribution is 7.17. The third-order valence-corrected chi connectivity index (χ3v) is 4.65. The van der Waals surface area contributed by atoms with E-state index in [1.54, 1.807) is 11.3 Å². The van der Waals surface area contributed by atoms with Crippen molar-refractivity contribution in [3.8, 4) is 0 Å². The van der Waals surface area contributed by atoms with Crippen LogP contribution in [0.1, 0.15) is 30.3 Å². The van der Waals surface area contributed by atoms with Gasteiger partial charge in [-0.1, -0.05) is 12.2 Å². The lowest BCUT2D eigenvalue weighted by atomic mass is 10.2. The Morgan fingerprint density at radius 3 is 3.29 bits per heavy atom. The van der Waals surface area contributed by atoms with Gasteiger partial charge in [-0.2, -0.15) is 0 Å². The molecule has 1 amide bonds. The van der Waals surface area contributed by atoms with Gasteiger partial charge in [-0.05, 0) is 37.3 Å². The van der Waals surface area contributed by atoms with Gasteiger partial charge in [0.05, 0.1) is 16.3 Å². The van der Waals surface area contributed by atoms with E-state index in [2.05, 4.69) is 27.4 Å². The maximum atomic E-state index is 12.4. The molecule has 3 rings (SSSR count). The van der Waals surface area contributed by atoms with E-state index >= 15 is 0 Å². The maximum absolute atomic E-state index is 12.4. The summed E-state index contributed by atoms with van der Waals surface area (Å²) in [5, 5.41) is 5.06. The summed E-state index contributed by atoms with van der Waals surface area (Å²) in [5.41, 5.74) is 1.85. The molecule has 2 aromatic rings. The van der Waals surface area contributed by atoms with Gasteiger partial charge < -0.3 is 14.6 Å². The monoisotopic (exact) mass is 304 g/mol. The molecule has 5 heteroatoms. The number of carbonyl (C=O) groups excluding carboxylic acids is 1. The van der Waals surface area contributed by atoms with Gasteiger partial charge in [0.15, 0.2) is 0 Å². The molecule has 1 N–H and O–H groups in total. The van der Waals surface area contributed by atoms with E-state index in [4.69, 9.17) is 4.74 Å². The van der Waals surface area contributed by atoms with Gasteiger partial charge in [0.25, 0.3) is 5.91 Å². The van der Waals surface area contributed by atoms with E-state index in [1.165, 1.54) is 0 Å². The molecule has 1 atom stereocenters. The number of rotatable bonds is 5. The Morgan fingerprint density at radius 1 is 1.62 bits per heavy atom. The molecule has 1 saturated heterocycles. The number of carbonyl (C=O) groups is 1. The lowest BCUT2D eigenvalue weighted by Gasteiger charge is -2.12. The first kappa shape index (κ1) is 14.4. The number of ether oxygens (including phenoxy) is 1. The van der Waals surface area contributed by atoms with Crippen LogP contribution >= 0.6 is 11.3 Å². The fraction of sp³-hybridized carbons (Fsp3) is 0.438. The Bertz CT molecular complexity index is 650. The molecule has 0 spiro atoms. The van der Waals surface area contributed by atoms with Crippen LogP contribution in [0.25, 0.3) is 10.2 Å². The predicted octanol–water partition coefficient (Wildman–Crippen LogP) is 3.19. The fourth-order valence-electron chi connectivity index (χ4n) is 2.68. The minimum atomic E-state index is -0.0154. The van der Waals surface area contributed by atoms with Crippen molar-refractivity contribution in [2.75, 3.05) is 13.2 Å². The second kappa shape index (κ2) is 6.45. The summed E-state index contributed by atoms with van der Waals surface area (Å²) in [7, 11) is 0. The number of thiophene rings is 1. The van der Waals surface area contributed by atoms with Gasteiger partial charge in [0.2, 0.25) is 0 Å². The van der Waals surface area contributed by atoms with Crippen LogP contribution in [0.15, 0.2) is 29.7 Å². The highest BCUT2D eigenvalue weighted by atomic mass is 32.1. The second-order valence-electron chi connectivity index (χ2n) is 5.22. The van der Waals surface area contributed by atoms with Gasteiger partial charge in [0, 0.05) is 19.7 Å². The lowest BCUT2D eigenvalue weighted by molar-refractivity contribution is 0.0851. The third kappa shape index (κ3) is 3.04. The van der Waals surface area contributed by atoms with Crippen molar-refractivity contribution in [3.63, 3.8) is 0 Å². The minimum absolute atomic E-state index is 0.0154. The number of fused-ring (bicyclic) bond motifs is 1. The van der Waals surface area contributed by atoms with Gasteiger partial charge in [-0.3, -0.25) is 4.79 Å². The summed E-state index contributed by atoms with van der Waals surface area (Å²) in [4.78, 5) is 12.4. The summed E-state index contributed by atoms with van der Waals surface area (Å²) in [6, 6.07) is 4.05. The summed E-state index contributed by atoms with van der Waals surface area (Å²) in [5.74, 6) is -0.0154. The standard InChI is InChI=1S/C16H20N2O2S/c1-2-3-7-18-13-6-9-21-15(13)10-14(18)16(19)17-11-12-5-4-8-20-12/h2-3,6,9-10,12H,4-5,7-8,11H2,1H3,(H,17,19)/b3-2+. The van der Waals surface area contributed by atoms with Crippen molar-refractivity contribution in [1.82, 2.24) is 9.88 Å². The third-order valence-electron chi connectivity index (χ3n) is 3.79. The molecule has 0 radical (unpaired) electrons. The molecule has 3 heterocycles. The zero-order chi connectivity index (χ0) is 14.7. The Labute approximate surface area is 128 Å². The number of aromatic nitrogens is 1. The van der Waals surface area contributed by atoms with Crippen LogP contribution in [-0.4, -0.2) is 29.7 Å². The average molecular weight is 304 g/mol. The highest BCUT2D eigenvalue weighted by Crippen LogP contribution is 2.25. The normalized spacial score (nSPS) is 18.8. The van der Waals surface area contributed by atoms with Gasteiger partial charge in [-0.25, -0.2) is 0 Å². The zero-order valence-corrected chi connectivity index (χ0v) is 13.0. The van der Waals surface area contributed by atoms with E-state index in [1.807, 2.05) is 19.1 Å². The largest absolute Gasteiger partial charge is 0.376 e. The molecule has 21 heavy (non-hydrogen) atoms. The Kier molecular flexibility index (Phi) is 4.41. The van der Waals surface area contributed by atoms with Gasteiger partial charge in [0.1, 0.15) is 5.69 Å². The van der Waals surface area contributed by atoms with Crippen molar-refractivity contribution in [2.24, 2.45) is 0 Å². The summed E-state index contributed by atoms with van der Waals surface area (Å²) < 4.78 is 8.77. The Morgan fingerprint density at radius 2 is 2.52 bits per heavy atom. The molecular formula is C16H20N2O2S. The zero-order valence-electron chi connectivity index (χ0n) is 12.2. The van der Waals surface area contributed by atoms with E-state index in [0.29, 0.717) is 6.54 Å². The predicted molar refractivity (Wildman–Crippen MR) is 85.9 cm³/mol. The Balaban J connectivity index is 1.77. The van der Waals surface area contributed by atoms with Crippen molar-refractivity contribution in [2.45, 2.75) is 32.4 Å². The molecule has 4 nitrogen and oxygen atoms in total. The number of amides is 1. The molecule has 1 aliphatic heterocycles. The highest BCUT2D eigenvalue weighted by Gasteiger charge is 2.19. The molecular weight excluding hydrogens is 284 g/mol. The van der Waals surface area contributed by atoms with Crippen LogP contribution in [0.4, 0.5) is 0 Å². The smallest absolute Gasteiger partial charge is 0.268 e. The average Bonchev–Trinajstić information content (AvgIpc) is 3.19. The maximum Gasteiger partial charge on any atom is 0.268 e. The van der Waals surface area contributed by atoms with Gasteiger partial charge in [-0.15, -0.1) is 11.3 Å². The fourth-order valence-corrected chi connectivity index (χ4v) is 3.50. The van der Waals surface area contributed by atoms with Crippen LogP contribution in [-0.2, 0) is 11.3 Å². The molecule has 0 saturated carbocycles. The molecule has 1 aliphatic rings. The first-order valence-electron chi connectivity index (χ1n) is 7.37. The van der Waals surface area contributed by atoms with Crippen molar-refractivity contribution >= 4 is 27.5 Å². The molecule has 1 fully saturated rings. The van der Waals surface area contributed by atoms with Crippen LogP contribution in [0, 0.1) is 0 Å². The molecule has 112 valence electrons. The number of allylic oxidation sites excluding steroid dienone is 2. The molecule has 0 aliphatic carbocycles. The summed E-state index contributed by atoms with van der Waals surface area (Å²) in [6.07, 6.45) is 6.37. The van der Waals surface area contributed by atoms with E-state index in [-0.39, 0.29) is 12.0 Å². The van der Waals surface area contributed by atoms with Crippen molar-refractivity contribution in [3.05, 3.63) is 35.4 Å². The molecule has 0 bridgehead atoms. The summed E-state index contributed by atoms with van der Waals surface area (Å²) in [6.45, 7) is 4.13. The number of hydrogen-bond acceptors (Lipinski definition) is 3. The van der Waals surface area contributed by atoms with E-state index < -0.39 is 0 Å². The topological polar surface area (TPSA) is 43.3 Å². The lowest BCUT2D eigenvalue weighted by Crippen LogP contribution is -2.33. The van der Waals surface area contributed by atoms with E-state index in [0.717, 1.165) is 41.9 Å². The van der Waals surface area contributed by atoms with Crippen molar-refractivity contribution < 1.29 is 9.53 Å². The van der Waals surface area contributed by atoms with E-state index in [9.17, 15) is 4.79 Å². The second-order valence-corrected chi connectivity index (χ2v) is 6.17. The molecule has 0 aromatic carbocycles. The van der Waals surface area contributed by atoms with Gasteiger partial charge >= 0.3 is 0 Å². The number of hydrogen-bond donors (Lipinski definition) is 1. The first-order valence-corrected chi connectivity index (χ1v) is 8.25.